The zero-order valence-corrected chi connectivity index (χ0v) is 18.3. The topological polar surface area (TPSA) is 27.6 Å². The first kappa shape index (κ1) is 19.7. The molecule has 5 rings (SSSR count). The molecule has 1 heterocycles. The highest BCUT2D eigenvalue weighted by molar-refractivity contribution is 6.30. The van der Waals surface area contributed by atoms with E-state index in [1.165, 1.54) is 0 Å². The molecule has 0 fully saturated rings. The first-order valence-corrected chi connectivity index (χ1v) is 10.7. The average molecular weight is 444 g/mol. The molecule has 31 heavy (non-hydrogen) atoms. The predicted octanol–water partition coefficient (Wildman–Crippen LogP) is 7.27. The van der Waals surface area contributed by atoms with Crippen LogP contribution in [0.3, 0.4) is 0 Å². The normalized spacial score (nSPS) is 12.7. The number of nitrogens with one attached hydrogen (secondary N) is 1. The molecule has 3 nitrogen and oxygen atoms in total. The van der Waals surface area contributed by atoms with Crippen LogP contribution >= 0.6 is 23.2 Å². The molecule has 0 aromatic heterocycles. The van der Waals surface area contributed by atoms with Gasteiger partial charge in [0.15, 0.2) is 0 Å². The molecule has 0 saturated carbocycles. The maximum atomic E-state index is 6.15. The minimum Gasteiger partial charge on any atom is -0.355 e. The van der Waals surface area contributed by atoms with Gasteiger partial charge in [0, 0.05) is 27.1 Å². The largest absolute Gasteiger partial charge is 0.355 e. The van der Waals surface area contributed by atoms with Gasteiger partial charge in [0.25, 0.3) is 0 Å². The van der Waals surface area contributed by atoms with Gasteiger partial charge in [-0.25, -0.2) is 4.99 Å². The van der Waals surface area contributed by atoms with Crippen molar-refractivity contribution in [2.45, 2.75) is 6.92 Å². The van der Waals surface area contributed by atoms with Crippen molar-refractivity contribution in [1.29, 1.82) is 0 Å². The summed E-state index contributed by atoms with van der Waals surface area (Å²) in [5.74, 6) is 0. The highest BCUT2D eigenvalue weighted by Gasteiger charge is 2.21. The molecule has 0 aliphatic carbocycles. The molecule has 0 spiro atoms. The van der Waals surface area contributed by atoms with Crippen molar-refractivity contribution >= 4 is 63.4 Å². The third kappa shape index (κ3) is 3.78. The van der Waals surface area contributed by atoms with Gasteiger partial charge >= 0.3 is 0 Å². The second-order valence-electron chi connectivity index (χ2n) is 7.26. The lowest BCUT2D eigenvalue weighted by molar-refractivity contribution is 1.17. The SMILES string of the molecule is C/C=c1\cc2c(cc1Nc1ccc(Cl)cc1)=Nc1ccccc1N2c1ccc(Cl)cc1. The van der Waals surface area contributed by atoms with E-state index in [1.54, 1.807) is 0 Å². The molecule has 152 valence electrons. The molecular weight excluding hydrogens is 425 g/mol. The van der Waals surface area contributed by atoms with Crippen LogP contribution < -0.4 is 20.8 Å². The molecule has 1 N–H and O–H groups in total. The number of rotatable bonds is 3. The maximum absolute atomic E-state index is 6.15. The summed E-state index contributed by atoms with van der Waals surface area (Å²) >= 11 is 12.2. The highest BCUT2D eigenvalue weighted by Crippen LogP contribution is 2.41. The molecular formula is C26H19Cl2N3. The van der Waals surface area contributed by atoms with E-state index in [0.717, 1.165) is 44.7 Å². The molecule has 0 atom stereocenters. The van der Waals surface area contributed by atoms with E-state index in [2.05, 4.69) is 34.5 Å². The van der Waals surface area contributed by atoms with E-state index in [-0.39, 0.29) is 0 Å². The number of para-hydroxylation sites is 2. The lowest BCUT2D eigenvalue weighted by Crippen LogP contribution is -2.26. The van der Waals surface area contributed by atoms with E-state index in [0.29, 0.717) is 10.0 Å². The number of fused-ring (bicyclic) bond motifs is 2. The van der Waals surface area contributed by atoms with Gasteiger partial charge in [-0.1, -0.05) is 41.4 Å². The van der Waals surface area contributed by atoms with Crippen molar-refractivity contribution in [3.8, 4) is 0 Å². The highest BCUT2D eigenvalue weighted by atomic mass is 35.5. The zero-order chi connectivity index (χ0) is 21.4. The summed E-state index contributed by atoms with van der Waals surface area (Å²) < 4.78 is 0. The average Bonchev–Trinajstić information content (AvgIpc) is 2.79. The van der Waals surface area contributed by atoms with Crippen molar-refractivity contribution in [3.05, 3.63) is 106 Å². The monoisotopic (exact) mass is 443 g/mol. The Balaban J connectivity index is 1.70. The van der Waals surface area contributed by atoms with Crippen LogP contribution in [0.2, 0.25) is 10.0 Å². The number of halogens is 2. The van der Waals surface area contributed by atoms with Crippen LogP contribution in [-0.2, 0) is 0 Å². The Bertz CT molecular complexity index is 1380. The molecule has 1 aliphatic heterocycles. The second-order valence-corrected chi connectivity index (χ2v) is 8.13. The van der Waals surface area contributed by atoms with Gasteiger partial charge in [0.2, 0.25) is 0 Å². The Morgan fingerprint density at radius 3 is 2.19 bits per heavy atom. The molecule has 1 aliphatic rings. The summed E-state index contributed by atoms with van der Waals surface area (Å²) in [6.07, 6.45) is 2.10. The van der Waals surface area contributed by atoms with Crippen LogP contribution in [-0.4, -0.2) is 0 Å². The third-order valence-corrected chi connectivity index (χ3v) is 5.77. The summed E-state index contributed by atoms with van der Waals surface area (Å²) in [6.45, 7) is 2.04. The fourth-order valence-corrected chi connectivity index (χ4v) is 4.03. The molecule has 0 radical (unpaired) electrons. The van der Waals surface area contributed by atoms with Crippen molar-refractivity contribution in [2.24, 2.45) is 4.99 Å². The third-order valence-electron chi connectivity index (χ3n) is 5.27. The smallest absolute Gasteiger partial charge is 0.0899 e. The quantitative estimate of drug-likeness (QED) is 0.317. The summed E-state index contributed by atoms with van der Waals surface area (Å²) in [4.78, 5) is 7.18. The fourth-order valence-electron chi connectivity index (χ4n) is 3.77. The maximum Gasteiger partial charge on any atom is 0.0899 e. The predicted molar refractivity (Wildman–Crippen MR) is 131 cm³/mol. The van der Waals surface area contributed by atoms with Gasteiger partial charge in [0.1, 0.15) is 0 Å². The Labute approximate surface area is 190 Å². The molecule has 4 aromatic rings. The zero-order valence-electron chi connectivity index (χ0n) is 16.8. The number of hydrogen-bond acceptors (Lipinski definition) is 3. The Kier molecular flexibility index (Phi) is 5.14. The minimum absolute atomic E-state index is 0.712. The Morgan fingerprint density at radius 2 is 1.48 bits per heavy atom. The van der Waals surface area contributed by atoms with E-state index < -0.39 is 0 Å². The lowest BCUT2D eigenvalue weighted by Gasteiger charge is -2.30. The first-order valence-electron chi connectivity index (χ1n) is 9.99. The van der Waals surface area contributed by atoms with Crippen LogP contribution in [0.1, 0.15) is 6.92 Å². The van der Waals surface area contributed by atoms with E-state index in [4.69, 9.17) is 28.2 Å². The van der Waals surface area contributed by atoms with Crippen LogP contribution in [0.25, 0.3) is 6.08 Å². The summed E-state index contributed by atoms with van der Waals surface area (Å²) in [6, 6.07) is 28.0. The summed E-state index contributed by atoms with van der Waals surface area (Å²) in [5, 5.41) is 6.91. The van der Waals surface area contributed by atoms with Crippen molar-refractivity contribution in [1.82, 2.24) is 0 Å². The van der Waals surface area contributed by atoms with Gasteiger partial charge in [0.05, 0.1) is 22.4 Å². The minimum atomic E-state index is 0.712. The van der Waals surface area contributed by atoms with Gasteiger partial charge in [-0.15, -0.1) is 0 Å². The molecule has 0 amide bonds. The standard InChI is InChI=1S/C26H19Cl2N3/c1-2-17-15-26-24(16-23(17)29-20-11-7-18(27)8-12-20)30-22-5-3-4-6-25(22)31(26)21-13-9-19(28)10-14-21/h2-16,29H,1H3/b17-2+. The summed E-state index contributed by atoms with van der Waals surface area (Å²) in [5.41, 5.74) is 5.98. The van der Waals surface area contributed by atoms with E-state index >= 15 is 0 Å². The van der Waals surface area contributed by atoms with Gasteiger partial charge < -0.3 is 10.2 Å². The van der Waals surface area contributed by atoms with E-state index in [9.17, 15) is 0 Å². The van der Waals surface area contributed by atoms with Crippen molar-refractivity contribution < 1.29 is 0 Å². The Hall–Kier alpha value is -3.27. The van der Waals surface area contributed by atoms with Crippen LogP contribution in [0, 0.1) is 0 Å². The number of anilines is 5. The van der Waals surface area contributed by atoms with Crippen molar-refractivity contribution in [3.63, 3.8) is 0 Å². The van der Waals surface area contributed by atoms with Crippen molar-refractivity contribution in [2.75, 3.05) is 10.2 Å². The molecule has 0 saturated heterocycles. The van der Waals surface area contributed by atoms with Gasteiger partial charge in [-0.05, 0) is 84.9 Å². The van der Waals surface area contributed by atoms with Crippen LogP contribution in [0.5, 0.6) is 0 Å². The van der Waals surface area contributed by atoms with Crippen LogP contribution in [0.4, 0.5) is 34.1 Å². The fraction of sp³-hybridized carbons (Fsp3) is 0.0385. The molecule has 5 heteroatoms. The number of nitrogens with zero attached hydrogens (tertiary/aromatic N) is 2. The molecule has 0 bridgehead atoms. The molecule has 0 unspecified atom stereocenters. The van der Waals surface area contributed by atoms with Gasteiger partial charge in [-0.2, -0.15) is 0 Å². The first-order chi connectivity index (χ1) is 15.1. The summed E-state index contributed by atoms with van der Waals surface area (Å²) in [7, 11) is 0. The van der Waals surface area contributed by atoms with Crippen LogP contribution in [0.15, 0.2) is 89.9 Å². The number of benzene rings is 4. The second kappa shape index (κ2) is 8.10. The number of hydrogen-bond donors (Lipinski definition) is 1. The van der Waals surface area contributed by atoms with Gasteiger partial charge in [-0.3, -0.25) is 0 Å². The van der Waals surface area contributed by atoms with E-state index in [1.807, 2.05) is 73.7 Å². The Morgan fingerprint density at radius 1 is 0.806 bits per heavy atom. The molecule has 4 aromatic carbocycles. The lowest BCUT2D eigenvalue weighted by atomic mass is 10.1.